The SMILES string of the molecule is CCC[C@H]1CC[C@H](c2ccc(CCc3ccc(C#N)cc3)c(Cl)c2)CC1. The lowest BCUT2D eigenvalue weighted by Gasteiger charge is -2.29. The van der Waals surface area contributed by atoms with Gasteiger partial charge in [-0.3, -0.25) is 0 Å². The van der Waals surface area contributed by atoms with Gasteiger partial charge >= 0.3 is 0 Å². The Labute approximate surface area is 163 Å². The highest BCUT2D eigenvalue weighted by atomic mass is 35.5. The molecule has 1 aliphatic carbocycles. The first kappa shape index (κ1) is 19.0. The molecule has 0 bridgehead atoms. The zero-order chi connectivity index (χ0) is 18.4. The molecule has 2 aromatic rings. The number of benzene rings is 2. The molecular weight excluding hydrogens is 338 g/mol. The minimum atomic E-state index is 0.688. The van der Waals surface area contributed by atoms with Crippen molar-refractivity contribution in [3.63, 3.8) is 0 Å². The van der Waals surface area contributed by atoms with Gasteiger partial charge in [-0.1, -0.05) is 55.6 Å². The van der Waals surface area contributed by atoms with E-state index in [9.17, 15) is 0 Å². The summed E-state index contributed by atoms with van der Waals surface area (Å²) in [5.41, 5.74) is 4.61. The summed E-state index contributed by atoms with van der Waals surface area (Å²) < 4.78 is 0. The molecule has 136 valence electrons. The van der Waals surface area contributed by atoms with Crippen LogP contribution in [0.2, 0.25) is 5.02 Å². The van der Waals surface area contributed by atoms with Crippen LogP contribution >= 0.6 is 11.6 Å². The van der Waals surface area contributed by atoms with Crippen molar-refractivity contribution in [1.82, 2.24) is 0 Å². The van der Waals surface area contributed by atoms with Crippen molar-refractivity contribution in [1.29, 1.82) is 5.26 Å². The van der Waals surface area contributed by atoms with E-state index in [2.05, 4.69) is 31.2 Å². The molecule has 2 aromatic carbocycles. The molecule has 0 aliphatic heterocycles. The van der Waals surface area contributed by atoms with Crippen LogP contribution in [0.3, 0.4) is 0 Å². The quantitative estimate of drug-likeness (QED) is 0.536. The highest BCUT2D eigenvalue weighted by Gasteiger charge is 2.22. The lowest BCUT2D eigenvalue weighted by atomic mass is 9.77. The van der Waals surface area contributed by atoms with Gasteiger partial charge < -0.3 is 0 Å². The predicted molar refractivity (Wildman–Crippen MR) is 110 cm³/mol. The zero-order valence-electron chi connectivity index (χ0n) is 15.7. The summed E-state index contributed by atoms with van der Waals surface area (Å²) in [5, 5.41) is 9.79. The van der Waals surface area contributed by atoms with E-state index in [4.69, 9.17) is 16.9 Å². The molecule has 1 aliphatic rings. The Kier molecular flexibility index (Phi) is 6.75. The highest BCUT2D eigenvalue weighted by molar-refractivity contribution is 6.31. The number of rotatable bonds is 6. The van der Waals surface area contributed by atoms with Crippen LogP contribution in [0.25, 0.3) is 0 Å². The summed E-state index contributed by atoms with van der Waals surface area (Å²) in [6.07, 6.45) is 9.96. The van der Waals surface area contributed by atoms with E-state index in [0.717, 1.165) is 23.8 Å². The Bertz CT molecular complexity index is 749. The fourth-order valence-electron chi connectivity index (χ4n) is 4.24. The van der Waals surface area contributed by atoms with Crippen LogP contribution in [-0.2, 0) is 12.8 Å². The zero-order valence-corrected chi connectivity index (χ0v) is 16.4. The number of hydrogen-bond acceptors (Lipinski definition) is 1. The normalized spacial score (nSPS) is 19.9. The summed E-state index contributed by atoms with van der Waals surface area (Å²) in [7, 11) is 0. The van der Waals surface area contributed by atoms with E-state index in [1.54, 1.807) is 0 Å². The van der Waals surface area contributed by atoms with Crippen LogP contribution in [0, 0.1) is 17.2 Å². The number of nitrogens with zero attached hydrogens (tertiary/aromatic N) is 1. The van der Waals surface area contributed by atoms with Gasteiger partial charge in [0.2, 0.25) is 0 Å². The van der Waals surface area contributed by atoms with Crippen molar-refractivity contribution in [3.05, 3.63) is 69.7 Å². The average molecular weight is 366 g/mol. The number of aryl methyl sites for hydroxylation is 2. The van der Waals surface area contributed by atoms with Gasteiger partial charge in [-0.2, -0.15) is 5.26 Å². The highest BCUT2D eigenvalue weighted by Crippen LogP contribution is 2.38. The van der Waals surface area contributed by atoms with Gasteiger partial charge in [-0.05, 0) is 85.3 Å². The third-order valence-electron chi connectivity index (χ3n) is 5.86. The Hall–Kier alpha value is -1.78. The van der Waals surface area contributed by atoms with Crippen LogP contribution in [0.1, 0.15) is 73.6 Å². The van der Waals surface area contributed by atoms with Gasteiger partial charge in [0.1, 0.15) is 0 Å². The largest absolute Gasteiger partial charge is 0.192 e. The Balaban J connectivity index is 1.58. The van der Waals surface area contributed by atoms with E-state index in [-0.39, 0.29) is 0 Å². The van der Waals surface area contributed by atoms with Gasteiger partial charge in [-0.15, -0.1) is 0 Å². The molecule has 0 radical (unpaired) electrons. The number of nitriles is 1. The molecule has 26 heavy (non-hydrogen) atoms. The first-order valence-electron chi connectivity index (χ1n) is 9.97. The van der Waals surface area contributed by atoms with E-state index >= 15 is 0 Å². The molecule has 0 unspecified atom stereocenters. The van der Waals surface area contributed by atoms with Gasteiger partial charge in [0.05, 0.1) is 11.6 Å². The first-order chi connectivity index (χ1) is 12.7. The van der Waals surface area contributed by atoms with Crippen molar-refractivity contribution in [2.45, 2.75) is 64.2 Å². The van der Waals surface area contributed by atoms with Crippen LogP contribution in [0.4, 0.5) is 0 Å². The van der Waals surface area contributed by atoms with Crippen LogP contribution in [-0.4, -0.2) is 0 Å². The summed E-state index contributed by atoms with van der Waals surface area (Å²) in [5.74, 6) is 1.63. The predicted octanol–water partition coefficient (Wildman–Crippen LogP) is 7.07. The van der Waals surface area contributed by atoms with Crippen LogP contribution < -0.4 is 0 Å². The maximum Gasteiger partial charge on any atom is 0.0991 e. The molecule has 0 amide bonds. The van der Waals surface area contributed by atoms with Gasteiger partial charge in [-0.25, -0.2) is 0 Å². The Morgan fingerprint density at radius 3 is 2.35 bits per heavy atom. The van der Waals surface area contributed by atoms with Crippen molar-refractivity contribution >= 4 is 11.6 Å². The molecule has 0 saturated heterocycles. The molecule has 0 heterocycles. The molecule has 1 nitrogen and oxygen atoms in total. The first-order valence-corrected chi connectivity index (χ1v) is 10.3. The lowest BCUT2D eigenvalue weighted by Crippen LogP contribution is -2.13. The second-order valence-corrected chi connectivity index (χ2v) is 8.07. The number of halogens is 1. The fourth-order valence-corrected chi connectivity index (χ4v) is 4.52. The van der Waals surface area contributed by atoms with E-state index < -0.39 is 0 Å². The molecule has 0 atom stereocenters. The van der Waals surface area contributed by atoms with Crippen molar-refractivity contribution in [2.24, 2.45) is 5.92 Å². The second kappa shape index (κ2) is 9.24. The summed E-state index contributed by atoms with van der Waals surface area (Å²) in [6, 6.07) is 16.7. The average Bonchev–Trinajstić information content (AvgIpc) is 2.68. The molecule has 0 aromatic heterocycles. The van der Waals surface area contributed by atoms with E-state index in [0.29, 0.717) is 11.5 Å². The third-order valence-corrected chi connectivity index (χ3v) is 6.21. The maximum absolute atomic E-state index is 8.88. The van der Waals surface area contributed by atoms with E-state index in [1.807, 2.05) is 24.3 Å². The summed E-state index contributed by atoms with van der Waals surface area (Å²) in [6.45, 7) is 2.29. The van der Waals surface area contributed by atoms with E-state index in [1.165, 1.54) is 55.2 Å². The maximum atomic E-state index is 8.88. The molecule has 0 N–H and O–H groups in total. The smallest absolute Gasteiger partial charge is 0.0991 e. The van der Waals surface area contributed by atoms with Crippen LogP contribution in [0.5, 0.6) is 0 Å². The van der Waals surface area contributed by atoms with Crippen molar-refractivity contribution < 1.29 is 0 Å². The molecule has 1 fully saturated rings. The number of hydrogen-bond donors (Lipinski definition) is 0. The lowest BCUT2D eigenvalue weighted by molar-refractivity contribution is 0.308. The van der Waals surface area contributed by atoms with Gasteiger partial charge in [0.15, 0.2) is 0 Å². The molecular formula is C24H28ClN. The van der Waals surface area contributed by atoms with Crippen molar-refractivity contribution in [2.75, 3.05) is 0 Å². The minimum Gasteiger partial charge on any atom is -0.192 e. The minimum absolute atomic E-state index is 0.688. The van der Waals surface area contributed by atoms with Gasteiger partial charge in [0.25, 0.3) is 0 Å². The van der Waals surface area contributed by atoms with Gasteiger partial charge in [0, 0.05) is 5.02 Å². The fraction of sp³-hybridized carbons (Fsp3) is 0.458. The van der Waals surface area contributed by atoms with Crippen molar-refractivity contribution in [3.8, 4) is 6.07 Å². The van der Waals surface area contributed by atoms with Crippen LogP contribution in [0.15, 0.2) is 42.5 Å². The third kappa shape index (κ3) is 4.89. The summed E-state index contributed by atoms with van der Waals surface area (Å²) in [4.78, 5) is 0. The Morgan fingerprint density at radius 2 is 1.73 bits per heavy atom. The molecule has 2 heteroatoms. The second-order valence-electron chi connectivity index (χ2n) is 7.67. The molecule has 3 rings (SSSR count). The standard InChI is InChI=1S/C24H28ClN/c1-2-3-18-8-11-21(12-9-18)23-15-14-22(24(25)16-23)13-10-19-4-6-20(17-26)7-5-19/h4-7,14-16,18,21H,2-3,8-13H2,1H3/t18-,21-. The molecule has 0 spiro atoms. The topological polar surface area (TPSA) is 23.8 Å². The summed E-state index contributed by atoms with van der Waals surface area (Å²) >= 11 is 6.60. The Morgan fingerprint density at radius 1 is 1.00 bits per heavy atom. The molecule has 1 saturated carbocycles. The monoisotopic (exact) mass is 365 g/mol.